The van der Waals surface area contributed by atoms with Crippen LogP contribution in [0.15, 0.2) is 30.3 Å². The van der Waals surface area contributed by atoms with Gasteiger partial charge in [0.25, 0.3) is 5.91 Å². The van der Waals surface area contributed by atoms with Crippen molar-refractivity contribution in [2.75, 3.05) is 18.5 Å². The zero-order chi connectivity index (χ0) is 19.4. The lowest BCUT2D eigenvalue weighted by atomic mass is 10.0. The van der Waals surface area contributed by atoms with Gasteiger partial charge in [-0.15, -0.1) is 0 Å². The summed E-state index contributed by atoms with van der Waals surface area (Å²) >= 11 is 6.25. The van der Waals surface area contributed by atoms with E-state index in [1.807, 2.05) is 26.0 Å². The maximum Gasteiger partial charge on any atom is 0.326 e. The van der Waals surface area contributed by atoms with Gasteiger partial charge in [0.2, 0.25) is 0 Å². The number of hydrogen-bond acceptors (Lipinski definition) is 4. The number of rotatable bonds is 4. The number of anilines is 1. The van der Waals surface area contributed by atoms with Crippen molar-refractivity contribution in [3.05, 3.63) is 52.0 Å². The van der Waals surface area contributed by atoms with Crippen molar-refractivity contribution in [1.29, 1.82) is 0 Å². The Morgan fingerprint density at radius 3 is 2.48 bits per heavy atom. The molecule has 0 saturated heterocycles. The maximum absolute atomic E-state index is 12.4. The molecule has 2 aromatic carbocycles. The SMILES string of the molecule is CCc1ccc(Cl)c(CC)c1NC(=O)NC(=O)c1ccc2c(c1)OCCO2. The monoisotopic (exact) mass is 388 g/mol. The summed E-state index contributed by atoms with van der Waals surface area (Å²) < 4.78 is 10.9. The maximum atomic E-state index is 12.4. The van der Waals surface area contributed by atoms with Crippen LogP contribution in [-0.4, -0.2) is 25.2 Å². The Hall–Kier alpha value is -2.73. The number of nitrogens with one attached hydrogen (secondary N) is 2. The molecule has 1 heterocycles. The molecule has 0 aliphatic carbocycles. The highest BCUT2D eigenvalue weighted by atomic mass is 35.5. The van der Waals surface area contributed by atoms with Crippen LogP contribution in [0.25, 0.3) is 0 Å². The van der Waals surface area contributed by atoms with Crippen LogP contribution < -0.4 is 20.1 Å². The quantitative estimate of drug-likeness (QED) is 0.823. The fourth-order valence-corrected chi connectivity index (χ4v) is 3.26. The molecule has 27 heavy (non-hydrogen) atoms. The number of hydrogen-bond donors (Lipinski definition) is 2. The first-order valence-electron chi connectivity index (χ1n) is 8.85. The van der Waals surface area contributed by atoms with Crippen LogP contribution in [0.3, 0.4) is 0 Å². The third kappa shape index (κ3) is 4.17. The van der Waals surface area contributed by atoms with Gasteiger partial charge < -0.3 is 14.8 Å². The molecule has 0 unspecified atom stereocenters. The Morgan fingerprint density at radius 2 is 1.78 bits per heavy atom. The second-order valence-corrected chi connectivity index (χ2v) is 6.44. The van der Waals surface area contributed by atoms with Crippen LogP contribution in [-0.2, 0) is 12.8 Å². The van der Waals surface area contributed by atoms with Crippen molar-refractivity contribution >= 4 is 29.2 Å². The van der Waals surface area contributed by atoms with E-state index in [9.17, 15) is 9.59 Å². The number of benzene rings is 2. The zero-order valence-electron chi connectivity index (χ0n) is 15.2. The summed E-state index contributed by atoms with van der Waals surface area (Å²) in [5.41, 5.74) is 2.77. The summed E-state index contributed by atoms with van der Waals surface area (Å²) in [6.45, 7) is 4.85. The molecule has 7 heteroatoms. The summed E-state index contributed by atoms with van der Waals surface area (Å²) in [4.78, 5) is 24.8. The van der Waals surface area contributed by atoms with E-state index in [-0.39, 0.29) is 0 Å². The topological polar surface area (TPSA) is 76.7 Å². The molecule has 142 valence electrons. The Balaban J connectivity index is 1.75. The van der Waals surface area contributed by atoms with Gasteiger partial charge >= 0.3 is 6.03 Å². The third-order valence-corrected chi connectivity index (χ3v) is 4.70. The summed E-state index contributed by atoms with van der Waals surface area (Å²) in [6, 6.07) is 7.89. The molecule has 0 atom stereocenters. The van der Waals surface area contributed by atoms with Gasteiger partial charge in [-0.25, -0.2) is 4.79 Å². The first kappa shape index (κ1) is 19.0. The Bertz CT molecular complexity index is 883. The zero-order valence-corrected chi connectivity index (χ0v) is 16.0. The third-order valence-electron chi connectivity index (χ3n) is 4.35. The molecule has 1 aliphatic heterocycles. The molecule has 0 radical (unpaired) electrons. The number of carbonyl (C=O) groups excluding carboxylic acids is 2. The van der Waals surface area contributed by atoms with Crippen molar-refractivity contribution in [3.8, 4) is 11.5 Å². The molecular weight excluding hydrogens is 368 g/mol. The van der Waals surface area contributed by atoms with Crippen molar-refractivity contribution < 1.29 is 19.1 Å². The molecule has 2 aromatic rings. The standard InChI is InChI=1S/C20H21ClN2O4/c1-3-12-5-7-15(21)14(4-2)18(12)22-20(25)23-19(24)13-6-8-16-17(11-13)27-10-9-26-16/h5-8,11H,3-4,9-10H2,1-2H3,(H2,22,23,24,25). The highest BCUT2D eigenvalue weighted by Gasteiger charge is 2.18. The van der Waals surface area contributed by atoms with Crippen LogP contribution in [0.4, 0.5) is 10.5 Å². The van der Waals surface area contributed by atoms with E-state index in [2.05, 4.69) is 10.6 Å². The minimum absolute atomic E-state index is 0.312. The lowest BCUT2D eigenvalue weighted by Crippen LogP contribution is -2.35. The molecule has 3 rings (SSSR count). The van der Waals surface area contributed by atoms with E-state index in [1.54, 1.807) is 18.2 Å². The molecular formula is C20H21ClN2O4. The van der Waals surface area contributed by atoms with Crippen LogP contribution >= 0.6 is 11.6 Å². The molecule has 0 aromatic heterocycles. The van der Waals surface area contributed by atoms with Gasteiger partial charge in [0.05, 0.1) is 5.69 Å². The molecule has 3 amide bonds. The van der Waals surface area contributed by atoms with E-state index >= 15 is 0 Å². The summed E-state index contributed by atoms with van der Waals surface area (Å²) in [5, 5.41) is 5.70. The van der Waals surface area contributed by atoms with Crippen molar-refractivity contribution in [2.24, 2.45) is 0 Å². The fourth-order valence-electron chi connectivity index (χ4n) is 2.97. The summed E-state index contributed by atoms with van der Waals surface area (Å²) in [7, 11) is 0. The smallest absolute Gasteiger partial charge is 0.326 e. The summed E-state index contributed by atoms with van der Waals surface area (Å²) in [6.07, 6.45) is 1.40. The van der Waals surface area contributed by atoms with E-state index < -0.39 is 11.9 Å². The number of ether oxygens (including phenoxy) is 2. The largest absolute Gasteiger partial charge is 0.486 e. The normalized spacial score (nSPS) is 12.4. The number of carbonyl (C=O) groups is 2. The van der Waals surface area contributed by atoms with E-state index in [0.29, 0.717) is 47.4 Å². The number of fused-ring (bicyclic) bond motifs is 1. The van der Waals surface area contributed by atoms with E-state index in [1.165, 1.54) is 0 Å². The Morgan fingerprint density at radius 1 is 1.04 bits per heavy atom. The van der Waals surface area contributed by atoms with Crippen molar-refractivity contribution in [1.82, 2.24) is 5.32 Å². The van der Waals surface area contributed by atoms with Crippen LogP contribution in [0.1, 0.15) is 35.3 Å². The van der Waals surface area contributed by atoms with E-state index in [4.69, 9.17) is 21.1 Å². The number of amides is 3. The van der Waals surface area contributed by atoms with Gasteiger partial charge in [0.1, 0.15) is 13.2 Å². The lowest BCUT2D eigenvalue weighted by molar-refractivity contribution is 0.0966. The molecule has 0 bridgehead atoms. The van der Waals surface area contributed by atoms with Crippen LogP contribution in [0, 0.1) is 0 Å². The molecule has 1 aliphatic rings. The minimum atomic E-state index is -0.610. The predicted molar refractivity (Wildman–Crippen MR) is 104 cm³/mol. The Kier molecular flexibility index (Phi) is 5.86. The molecule has 0 fully saturated rings. The van der Waals surface area contributed by atoms with Gasteiger partial charge in [0.15, 0.2) is 11.5 Å². The predicted octanol–water partition coefficient (Wildman–Crippen LogP) is 4.20. The van der Waals surface area contributed by atoms with Gasteiger partial charge in [-0.2, -0.15) is 0 Å². The number of aryl methyl sites for hydroxylation is 1. The number of urea groups is 1. The average Bonchev–Trinajstić information content (AvgIpc) is 2.68. The second kappa shape index (κ2) is 8.31. The average molecular weight is 389 g/mol. The second-order valence-electron chi connectivity index (χ2n) is 6.03. The van der Waals surface area contributed by atoms with Gasteiger partial charge in [-0.05, 0) is 48.2 Å². The first-order valence-corrected chi connectivity index (χ1v) is 9.23. The highest BCUT2D eigenvalue weighted by Crippen LogP contribution is 2.31. The molecule has 6 nitrogen and oxygen atoms in total. The summed E-state index contributed by atoms with van der Waals surface area (Å²) in [5.74, 6) is 0.551. The van der Waals surface area contributed by atoms with E-state index in [0.717, 1.165) is 17.5 Å². The highest BCUT2D eigenvalue weighted by molar-refractivity contribution is 6.32. The van der Waals surface area contributed by atoms with Crippen LogP contribution in [0.2, 0.25) is 5.02 Å². The molecule has 0 saturated carbocycles. The molecule has 0 spiro atoms. The first-order chi connectivity index (χ1) is 13.0. The van der Waals surface area contributed by atoms with Gasteiger partial charge in [-0.1, -0.05) is 31.5 Å². The van der Waals surface area contributed by atoms with Crippen molar-refractivity contribution in [2.45, 2.75) is 26.7 Å². The van der Waals surface area contributed by atoms with Crippen LogP contribution in [0.5, 0.6) is 11.5 Å². The van der Waals surface area contributed by atoms with Gasteiger partial charge in [-0.3, -0.25) is 10.1 Å². The Labute approximate surface area is 162 Å². The minimum Gasteiger partial charge on any atom is -0.486 e. The number of imide groups is 1. The fraction of sp³-hybridized carbons (Fsp3) is 0.300. The van der Waals surface area contributed by atoms with Crippen molar-refractivity contribution in [3.63, 3.8) is 0 Å². The van der Waals surface area contributed by atoms with Gasteiger partial charge in [0, 0.05) is 10.6 Å². The lowest BCUT2D eigenvalue weighted by Gasteiger charge is -2.19. The number of halogens is 1. The molecule has 2 N–H and O–H groups in total.